The zero-order chi connectivity index (χ0) is 20.1. The Hall–Kier alpha value is -3.42. The van der Waals surface area contributed by atoms with E-state index in [1.54, 1.807) is 12.1 Å². The third-order valence-electron chi connectivity index (χ3n) is 3.99. The van der Waals surface area contributed by atoms with Crippen LogP contribution >= 0.6 is 0 Å². The molecule has 2 aromatic rings. The van der Waals surface area contributed by atoms with E-state index in [1.807, 2.05) is 19.9 Å². The number of carbonyl (C=O) groups excluding carboxylic acids is 1. The number of nitrogens with one attached hydrogen (secondary N) is 1. The third-order valence-corrected chi connectivity index (χ3v) is 3.99. The van der Waals surface area contributed by atoms with Crippen molar-refractivity contribution in [1.82, 2.24) is 5.32 Å². The van der Waals surface area contributed by atoms with Gasteiger partial charge in [0.1, 0.15) is 11.8 Å². The normalized spacial score (nSPS) is 11.5. The van der Waals surface area contributed by atoms with Crippen molar-refractivity contribution >= 4 is 17.6 Å². The molecule has 8 nitrogen and oxygen atoms in total. The van der Waals surface area contributed by atoms with Crippen LogP contribution in [0.25, 0.3) is 0 Å². The van der Waals surface area contributed by atoms with Gasteiger partial charge >= 0.3 is 5.97 Å². The molecule has 0 aliphatic carbocycles. The first-order valence-corrected chi connectivity index (χ1v) is 8.14. The average Bonchev–Trinajstić information content (AvgIpc) is 2.59. The average molecular weight is 372 g/mol. The number of nitro benzene ring substituents is 1. The van der Waals surface area contributed by atoms with Gasteiger partial charge < -0.3 is 15.2 Å². The number of ether oxygens (including phenoxy) is 1. The van der Waals surface area contributed by atoms with Crippen LogP contribution in [0.4, 0.5) is 5.69 Å². The van der Waals surface area contributed by atoms with Gasteiger partial charge in [-0.2, -0.15) is 0 Å². The molecule has 0 saturated heterocycles. The lowest BCUT2D eigenvalue weighted by atomic mass is 10.0. The molecule has 0 saturated carbocycles. The molecule has 2 rings (SSSR count). The Kier molecular flexibility index (Phi) is 6.12. The Morgan fingerprint density at radius 3 is 2.33 bits per heavy atom. The molecule has 1 atom stereocenters. The Morgan fingerprint density at radius 2 is 1.81 bits per heavy atom. The smallest absolute Gasteiger partial charge is 0.326 e. The topological polar surface area (TPSA) is 119 Å². The Labute approximate surface area is 155 Å². The number of non-ortho nitro benzene ring substituents is 1. The molecule has 0 heterocycles. The number of hydrogen-bond donors (Lipinski definition) is 2. The minimum atomic E-state index is -1.27. The van der Waals surface area contributed by atoms with Crippen molar-refractivity contribution in [2.45, 2.75) is 26.3 Å². The SMILES string of the molecule is COc1ccc([N+](=O)[O-])cc1C[C@H](NC(=O)c1cc(C)cc(C)c1)C(=O)O. The second-order valence-electron chi connectivity index (χ2n) is 6.20. The van der Waals surface area contributed by atoms with Crippen molar-refractivity contribution in [3.05, 3.63) is 68.8 Å². The zero-order valence-electron chi connectivity index (χ0n) is 15.2. The molecule has 2 aromatic carbocycles. The molecule has 1 amide bonds. The molecule has 0 aromatic heterocycles. The number of nitrogens with zero attached hydrogens (tertiary/aromatic N) is 1. The van der Waals surface area contributed by atoms with Crippen LogP contribution in [0.5, 0.6) is 5.75 Å². The van der Waals surface area contributed by atoms with Crippen LogP contribution in [0.2, 0.25) is 0 Å². The quantitative estimate of drug-likeness (QED) is 0.570. The van der Waals surface area contributed by atoms with Gasteiger partial charge in [-0.05, 0) is 32.0 Å². The zero-order valence-corrected chi connectivity index (χ0v) is 15.2. The maximum Gasteiger partial charge on any atom is 0.326 e. The molecule has 0 aliphatic rings. The lowest BCUT2D eigenvalue weighted by Gasteiger charge is -2.17. The highest BCUT2D eigenvalue weighted by molar-refractivity contribution is 5.97. The second-order valence-corrected chi connectivity index (χ2v) is 6.20. The summed E-state index contributed by atoms with van der Waals surface area (Å²) >= 11 is 0. The molecule has 0 fully saturated rings. The van der Waals surface area contributed by atoms with Crippen molar-refractivity contribution in [1.29, 1.82) is 0 Å². The summed E-state index contributed by atoms with van der Waals surface area (Å²) in [7, 11) is 1.38. The molecule has 0 aliphatic heterocycles. The predicted molar refractivity (Wildman–Crippen MR) is 98.2 cm³/mol. The highest BCUT2D eigenvalue weighted by atomic mass is 16.6. The lowest BCUT2D eigenvalue weighted by Crippen LogP contribution is -2.42. The molecule has 8 heteroatoms. The van der Waals surface area contributed by atoms with Crippen LogP contribution in [0, 0.1) is 24.0 Å². The van der Waals surface area contributed by atoms with Gasteiger partial charge in [-0.25, -0.2) is 4.79 Å². The van der Waals surface area contributed by atoms with Crippen molar-refractivity contribution in [2.75, 3.05) is 7.11 Å². The van der Waals surface area contributed by atoms with E-state index in [-0.39, 0.29) is 12.1 Å². The van der Waals surface area contributed by atoms with Gasteiger partial charge in [-0.1, -0.05) is 17.2 Å². The molecular weight excluding hydrogens is 352 g/mol. The maximum atomic E-state index is 12.5. The van der Waals surface area contributed by atoms with E-state index in [2.05, 4.69) is 5.32 Å². The van der Waals surface area contributed by atoms with E-state index in [1.165, 1.54) is 25.3 Å². The summed E-state index contributed by atoms with van der Waals surface area (Å²) < 4.78 is 5.15. The molecule has 27 heavy (non-hydrogen) atoms. The Balaban J connectivity index is 2.28. The van der Waals surface area contributed by atoms with Gasteiger partial charge in [0, 0.05) is 29.7 Å². The minimum Gasteiger partial charge on any atom is -0.496 e. The van der Waals surface area contributed by atoms with Gasteiger partial charge in [0.2, 0.25) is 0 Å². The monoisotopic (exact) mass is 372 g/mol. The van der Waals surface area contributed by atoms with Gasteiger partial charge in [0.15, 0.2) is 0 Å². The summed E-state index contributed by atoms with van der Waals surface area (Å²) in [5, 5.41) is 22.9. The number of aliphatic carboxylic acids is 1. The summed E-state index contributed by atoms with van der Waals surface area (Å²) in [6.45, 7) is 3.68. The number of nitro groups is 1. The van der Waals surface area contributed by atoms with E-state index in [0.29, 0.717) is 16.9 Å². The van der Waals surface area contributed by atoms with Crippen LogP contribution in [0.15, 0.2) is 36.4 Å². The summed E-state index contributed by atoms with van der Waals surface area (Å²) in [5.74, 6) is -1.47. The van der Waals surface area contributed by atoms with E-state index < -0.39 is 22.8 Å². The maximum absolute atomic E-state index is 12.5. The molecule has 2 N–H and O–H groups in total. The fourth-order valence-electron chi connectivity index (χ4n) is 2.81. The molecule has 0 unspecified atom stereocenters. The summed E-state index contributed by atoms with van der Waals surface area (Å²) in [5.41, 5.74) is 2.25. The van der Waals surface area contributed by atoms with Crippen molar-refractivity contribution in [3.63, 3.8) is 0 Å². The first-order valence-electron chi connectivity index (χ1n) is 8.14. The number of carbonyl (C=O) groups is 2. The van der Waals surface area contributed by atoms with Gasteiger partial charge in [0.05, 0.1) is 12.0 Å². The second kappa shape index (κ2) is 8.31. The standard InChI is InChI=1S/C19H20N2O6/c1-11-6-12(2)8-14(7-11)18(22)20-16(19(23)24)10-13-9-15(21(25)26)4-5-17(13)27-3/h4-9,16H,10H2,1-3H3,(H,20,22)(H,23,24)/t16-/m0/s1. The molecule has 142 valence electrons. The summed E-state index contributed by atoms with van der Waals surface area (Å²) in [6.07, 6.45) is -0.156. The van der Waals surface area contributed by atoms with Gasteiger partial charge in [0.25, 0.3) is 11.6 Å². The number of amides is 1. The van der Waals surface area contributed by atoms with E-state index in [4.69, 9.17) is 4.74 Å². The first-order chi connectivity index (χ1) is 12.7. The van der Waals surface area contributed by atoms with E-state index in [9.17, 15) is 24.8 Å². The number of aryl methyl sites for hydroxylation is 2. The van der Waals surface area contributed by atoms with Crippen LogP contribution in [0.3, 0.4) is 0 Å². The van der Waals surface area contributed by atoms with Crippen LogP contribution < -0.4 is 10.1 Å². The summed E-state index contributed by atoms with van der Waals surface area (Å²) in [4.78, 5) is 34.5. The Morgan fingerprint density at radius 1 is 1.19 bits per heavy atom. The van der Waals surface area contributed by atoms with Crippen molar-refractivity contribution in [2.24, 2.45) is 0 Å². The number of carboxylic acid groups (broad SMARTS) is 1. The molecule has 0 spiro atoms. The summed E-state index contributed by atoms with van der Waals surface area (Å²) in [6, 6.07) is 7.88. The molecular formula is C19H20N2O6. The van der Waals surface area contributed by atoms with Crippen LogP contribution in [-0.4, -0.2) is 35.1 Å². The van der Waals surface area contributed by atoms with E-state index in [0.717, 1.165) is 11.1 Å². The largest absolute Gasteiger partial charge is 0.496 e. The molecule has 0 radical (unpaired) electrons. The number of benzene rings is 2. The number of hydrogen-bond acceptors (Lipinski definition) is 5. The Bertz CT molecular complexity index is 874. The van der Waals surface area contributed by atoms with Crippen LogP contribution in [-0.2, 0) is 11.2 Å². The number of methoxy groups -OCH3 is 1. The third kappa shape index (κ3) is 5.04. The highest BCUT2D eigenvalue weighted by Gasteiger charge is 2.24. The fourth-order valence-corrected chi connectivity index (χ4v) is 2.81. The lowest BCUT2D eigenvalue weighted by molar-refractivity contribution is -0.384. The van der Waals surface area contributed by atoms with Gasteiger partial charge in [-0.15, -0.1) is 0 Å². The number of carboxylic acids is 1. The predicted octanol–water partition coefficient (Wildman–Crippen LogP) is 2.65. The fraction of sp³-hybridized carbons (Fsp3) is 0.263. The van der Waals surface area contributed by atoms with Crippen LogP contribution in [0.1, 0.15) is 27.0 Å². The number of rotatable bonds is 7. The minimum absolute atomic E-state index is 0.156. The van der Waals surface area contributed by atoms with Crippen molar-refractivity contribution < 1.29 is 24.4 Å². The van der Waals surface area contributed by atoms with Crippen molar-refractivity contribution in [3.8, 4) is 5.75 Å². The van der Waals surface area contributed by atoms with Gasteiger partial charge in [-0.3, -0.25) is 14.9 Å². The molecule has 0 bridgehead atoms. The van der Waals surface area contributed by atoms with E-state index >= 15 is 0 Å². The first kappa shape index (κ1) is 19.9. The highest BCUT2D eigenvalue weighted by Crippen LogP contribution is 2.25.